The molecule has 0 saturated heterocycles. The maximum atomic E-state index is 13.1. The van der Waals surface area contributed by atoms with Crippen molar-refractivity contribution in [1.82, 2.24) is 5.32 Å². The second-order valence-electron chi connectivity index (χ2n) is 6.56. The zero-order chi connectivity index (χ0) is 20.7. The van der Waals surface area contributed by atoms with Gasteiger partial charge in [0.15, 0.2) is 0 Å². The van der Waals surface area contributed by atoms with Crippen LogP contribution < -0.4 is 14.4 Å². The molecule has 0 aliphatic carbocycles. The fourth-order valence-electron chi connectivity index (χ4n) is 3.16. The van der Waals surface area contributed by atoms with E-state index in [-0.39, 0.29) is 11.9 Å². The van der Waals surface area contributed by atoms with Gasteiger partial charge in [-0.1, -0.05) is 44.2 Å². The zero-order valence-electron chi connectivity index (χ0n) is 16.8. The van der Waals surface area contributed by atoms with Crippen molar-refractivity contribution in [3.63, 3.8) is 0 Å². The van der Waals surface area contributed by atoms with Crippen molar-refractivity contribution in [1.29, 1.82) is 0 Å². The summed E-state index contributed by atoms with van der Waals surface area (Å²) in [5, 5.41) is 3.01. The molecule has 28 heavy (non-hydrogen) atoms. The van der Waals surface area contributed by atoms with E-state index < -0.39 is 16.1 Å². The maximum absolute atomic E-state index is 13.1. The van der Waals surface area contributed by atoms with Crippen molar-refractivity contribution < 1.29 is 17.9 Å². The molecule has 0 radical (unpaired) electrons. The van der Waals surface area contributed by atoms with Crippen LogP contribution in [0.15, 0.2) is 54.6 Å². The lowest BCUT2D eigenvalue weighted by molar-refractivity contribution is -0.123. The highest BCUT2D eigenvalue weighted by Gasteiger charge is 2.32. The Kier molecular flexibility index (Phi) is 7.45. The number of benzene rings is 2. The van der Waals surface area contributed by atoms with Crippen LogP contribution in [0.5, 0.6) is 5.75 Å². The normalized spacial score (nSPS) is 13.4. The minimum Gasteiger partial charge on any atom is -0.497 e. The number of nitrogens with one attached hydrogen (secondary N) is 1. The minimum absolute atomic E-state index is 0.218. The Morgan fingerprint density at radius 1 is 1.04 bits per heavy atom. The average Bonchev–Trinajstić information content (AvgIpc) is 2.69. The van der Waals surface area contributed by atoms with Crippen LogP contribution in [-0.2, 0) is 14.8 Å². The topological polar surface area (TPSA) is 75.7 Å². The van der Waals surface area contributed by atoms with Crippen molar-refractivity contribution in [2.24, 2.45) is 0 Å². The molecule has 7 heteroatoms. The standard InChI is InChI=1S/C21H28N2O4S/c1-5-19(16-12-14-18(27-3)15-13-16)22-21(24)20(6-2)23(28(4,25)26)17-10-8-7-9-11-17/h7-15,19-20H,5-6H2,1-4H3,(H,22,24)/t19-,20-/m1/s1. The van der Waals surface area contributed by atoms with E-state index in [2.05, 4.69) is 5.32 Å². The van der Waals surface area contributed by atoms with E-state index in [1.54, 1.807) is 38.3 Å². The Morgan fingerprint density at radius 2 is 1.64 bits per heavy atom. The molecule has 0 fully saturated rings. The zero-order valence-corrected chi connectivity index (χ0v) is 17.6. The van der Waals surface area contributed by atoms with Crippen LogP contribution in [0.1, 0.15) is 38.3 Å². The third-order valence-electron chi connectivity index (χ3n) is 4.58. The Labute approximate surface area is 167 Å². The third kappa shape index (κ3) is 5.25. The van der Waals surface area contributed by atoms with Crippen molar-refractivity contribution >= 4 is 21.6 Å². The summed E-state index contributed by atoms with van der Waals surface area (Å²) < 4.78 is 31.3. The monoisotopic (exact) mass is 404 g/mol. The van der Waals surface area contributed by atoms with Crippen molar-refractivity contribution in [3.05, 3.63) is 60.2 Å². The van der Waals surface area contributed by atoms with Gasteiger partial charge >= 0.3 is 0 Å². The summed E-state index contributed by atoms with van der Waals surface area (Å²) in [5.41, 5.74) is 1.42. The van der Waals surface area contributed by atoms with E-state index in [0.717, 1.165) is 17.6 Å². The molecule has 152 valence electrons. The van der Waals surface area contributed by atoms with Crippen molar-refractivity contribution in [2.75, 3.05) is 17.7 Å². The molecule has 2 atom stereocenters. The van der Waals surface area contributed by atoms with E-state index in [0.29, 0.717) is 18.5 Å². The summed E-state index contributed by atoms with van der Waals surface area (Å²) in [6.45, 7) is 3.78. The summed E-state index contributed by atoms with van der Waals surface area (Å²) in [6, 6.07) is 15.1. The van der Waals surface area contributed by atoms with E-state index in [9.17, 15) is 13.2 Å². The molecule has 0 aliphatic heterocycles. The molecule has 0 aromatic heterocycles. The molecular formula is C21H28N2O4S. The van der Waals surface area contributed by atoms with Gasteiger partial charge in [0.05, 0.1) is 25.1 Å². The van der Waals surface area contributed by atoms with Gasteiger partial charge in [0.2, 0.25) is 15.9 Å². The van der Waals surface area contributed by atoms with Gasteiger partial charge in [-0.05, 0) is 42.7 Å². The number of carbonyl (C=O) groups excluding carboxylic acids is 1. The second kappa shape index (κ2) is 9.59. The lowest BCUT2D eigenvalue weighted by Crippen LogP contribution is -2.50. The van der Waals surface area contributed by atoms with E-state index in [4.69, 9.17) is 4.74 Å². The summed E-state index contributed by atoms with van der Waals surface area (Å²) in [4.78, 5) is 13.1. The SMILES string of the molecule is CC[C@H](C(=O)N[C@H](CC)c1ccc(OC)cc1)N(c1ccccc1)S(C)(=O)=O. The Morgan fingerprint density at radius 3 is 2.11 bits per heavy atom. The number of anilines is 1. The highest BCUT2D eigenvalue weighted by atomic mass is 32.2. The maximum Gasteiger partial charge on any atom is 0.244 e. The van der Waals surface area contributed by atoms with Crippen molar-refractivity contribution in [2.45, 2.75) is 38.8 Å². The molecule has 1 N–H and O–H groups in total. The Hall–Kier alpha value is -2.54. The van der Waals surface area contributed by atoms with E-state index in [1.165, 1.54) is 4.31 Å². The first kappa shape index (κ1) is 21.8. The van der Waals surface area contributed by atoms with Crippen LogP contribution in [0, 0.1) is 0 Å². The third-order valence-corrected chi connectivity index (χ3v) is 5.76. The molecule has 0 saturated carbocycles. The van der Waals surface area contributed by atoms with Crippen LogP contribution in [0.4, 0.5) is 5.69 Å². The minimum atomic E-state index is -3.63. The van der Waals surface area contributed by atoms with Gasteiger partial charge in [0.25, 0.3) is 0 Å². The lowest BCUT2D eigenvalue weighted by atomic mass is 10.0. The summed E-state index contributed by atoms with van der Waals surface area (Å²) >= 11 is 0. The van der Waals surface area contributed by atoms with Crippen LogP contribution in [0.25, 0.3) is 0 Å². The molecule has 6 nitrogen and oxygen atoms in total. The largest absolute Gasteiger partial charge is 0.497 e. The number of sulfonamides is 1. The number of para-hydroxylation sites is 1. The van der Waals surface area contributed by atoms with Crippen LogP contribution in [-0.4, -0.2) is 33.7 Å². The first-order valence-electron chi connectivity index (χ1n) is 9.30. The van der Waals surface area contributed by atoms with E-state index >= 15 is 0 Å². The predicted molar refractivity (Wildman–Crippen MR) is 112 cm³/mol. The molecule has 2 aromatic carbocycles. The molecule has 0 heterocycles. The fraction of sp³-hybridized carbons (Fsp3) is 0.381. The molecule has 2 rings (SSSR count). The molecule has 0 aliphatic rings. The summed E-state index contributed by atoms with van der Waals surface area (Å²) in [7, 11) is -2.03. The number of nitrogens with zero attached hydrogens (tertiary/aromatic N) is 1. The number of methoxy groups -OCH3 is 1. The summed E-state index contributed by atoms with van der Waals surface area (Å²) in [6.07, 6.45) is 2.16. The van der Waals surface area contributed by atoms with Crippen LogP contribution in [0.3, 0.4) is 0 Å². The van der Waals surface area contributed by atoms with Gasteiger partial charge < -0.3 is 10.1 Å². The number of rotatable bonds is 9. The quantitative estimate of drug-likeness (QED) is 0.694. The number of amides is 1. The summed E-state index contributed by atoms with van der Waals surface area (Å²) in [5.74, 6) is 0.420. The van der Waals surface area contributed by atoms with Gasteiger partial charge in [-0.15, -0.1) is 0 Å². The van der Waals surface area contributed by atoms with Crippen LogP contribution in [0.2, 0.25) is 0 Å². The highest BCUT2D eigenvalue weighted by molar-refractivity contribution is 7.92. The second-order valence-corrected chi connectivity index (χ2v) is 8.42. The molecular weight excluding hydrogens is 376 g/mol. The van der Waals surface area contributed by atoms with E-state index in [1.807, 2.05) is 37.3 Å². The Balaban J connectivity index is 2.29. The van der Waals surface area contributed by atoms with Gasteiger partial charge in [-0.2, -0.15) is 0 Å². The lowest BCUT2D eigenvalue weighted by Gasteiger charge is -2.31. The number of carbonyl (C=O) groups is 1. The molecule has 0 bridgehead atoms. The Bertz CT molecular complexity index is 867. The predicted octanol–water partition coefficient (Wildman–Crippen LogP) is 3.51. The molecule has 0 spiro atoms. The first-order valence-corrected chi connectivity index (χ1v) is 11.1. The van der Waals surface area contributed by atoms with Crippen LogP contribution >= 0.6 is 0 Å². The van der Waals surface area contributed by atoms with Gasteiger partial charge in [-0.25, -0.2) is 8.42 Å². The molecule has 1 amide bonds. The fourth-order valence-corrected chi connectivity index (χ4v) is 4.37. The van der Waals surface area contributed by atoms with Gasteiger partial charge in [0, 0.05) is 0 Å². The first-order chi connectivity index (χ1) is 13.3. The van der Waals surface area contributed by atoms with Gasteiger partial charge in [0.1, 0.15) is 11.8 Å². The molecule has 0 unspecified atom stereocenters. The number of ether oxygens (including phenoxy) is 1. The number of hydrogen-bond acceptors (Lipinski definition) is 4. The van der Waals surface area contributed by atoms with Gasteiger partial charge in [-0.3, -0.25) is 9.10 Å². The average molecular weight is 405 g/mol. The molecule has 2 aromatic rings. The smallest absolute Gasteiger partial charge is 0.244 e. The van der Waals surface area contributed by atoms with Crippen molar-refractivity contribution in [3.8, 4) is 5.75 Å². The highest BCUT2D eigenvalue weighted by Crippen LogP contribution is 2.24. The number of hydrogen-bond donors (Lipinski definition) is 1.